The fraction of sp³-hybridized carbons (Fsp3) is 0.269. The molecule has 0 aliphatic heterocycles. The number of sulfonamides is 1. The Balaban J connectivity index is 1.50. The molecule has 1 aliphatic carbocycles. The summed E-state index contributed by atoms with van der Waals surface area (Å²) >= 11 is 12.5. The second-order valence-corrected chi connectivity index (χ2v) is 11.3. The molecule has 1 atom stereocenters. The molecule has 0 radical (unpaired) electrons. The maximum Gasteiger partial charge on any atom is 0.251 e. The molecule has 3 aromatic rings. The third-order valence-electron chi connectivity index (χ3n) is 6.15. The van der Waals surface area contributed by atoms with E-state index in [1.54, 1.807) is 42.5 Å². The smallest absolute Gasteiger partial charge is 0.251 e. The van der Waals surface area contributed by atoms with Gasteiger partial charge in [-0.15, -0.1) is 0 Å². The van der Waals surface area contributed by atoms with Crippen LogP contribution < -0.4 is 9.62 Å². The summed E-state index contributed by atoms with van der Waals surface area (Å²) in [6.07, 6.45) is 4.51. The van der Waals surface area contributed by atoms with E-state index in [1.165, 1.54) is 21.9 Å². The normalized spacial score (nSPS) is 13.9. The van der Waals surface area contributed by atoms with E-state index in [4.69, 9.17) is 23.2 Å². The van der Waals surface area contributed by atoms with E-state index in [0.29, 0.717) is 26.9 Å². The minimum atomic E-state index is -3.63. The molecule has 1 aliphatic rings. The van der Waals surface area contributed by atoms with Crippen LogP contribution in [0.5, 0.6) is 0 Å². The van der Waals surface area contributed by atoms with Gasteiger partial charge in [-0.05, 0) is 79.3 Å². The van der Waals surface area contributed by atoms with Crippen LogP contribution >= 0.6 is 23.2 Å². The number of anilines is 1. The Morgan fingerprint density at radius 3 is 2.29 bits per heavy atom. The number of nitrogens with one attached hydrogen (secondary N) is 1. The number of benzene rings is 3. The number of carbonyl (C=O) groups is 1. The molecule has 1 amide bonds. The van der Waals surface area contributed by atoms with Crippen molar-refractivity contribution in [1.82, 2.24) is 5.32 Å². The van der Waals surface area contributed by atoms with Crippen LogP contribution in [-0.2, 0) is 29.4 Å². The van der Waals surface area contributed by atoms with E-state index in [9.17, 15) is 13.2 Å². The molecule has 0 bridgehead atoms. The molecule has 0 fully saturated rings. The zero-order valence-corrected chi connectivity index (χ0v) is 21.3. The number of rotatable bonds is 7. The van der Waals surface area contributed by atoms with E-state index in [1.807, 2.05) is 6.92 Å². The fourth-order valence-electron chi connectivity index (χ4n) is 4.23. The van der Waals surface area contributed by atoms with Gasteiger partial charge in [-0.1, -0.05) is 47.5 Å². The predicted molar refractivity (Wildman–Crippen MR) is 138 cm³/mol. The van der Waals surface area contributed by atoms with Gasteiger partial charge in [0, 0.05) is 21.2 Å². The van der Waals surface area contributed by atoms with Gasteiger partial charge in [0.05, 0.1) is 24.5 Å². The number of halogens is 2. The van der Waals surface area contributed by atoms with Gasteiger partial charge in [0.2, 0.25) is 10.0 Å². The van der Waals surface area contributed by atoms with Gasteiger partial charge < -0.3 is 5.32 Å². The molecule has 0 saturated heterocycles. The van der Waals surface area contributed by atoms with Crippen LogP contribution in [0.25, 0.3) is 0 Å². The van der Waals surface area contributed by atoms with E-state index in [2.05, 4.69) is 23.5 Å². The third-order valence-corrected chi connectivity index (χ3v) is 8.00. The lowest BCUT2D eigenvalue weighted by Crippen LogP contribution is -2.30. The lowest BCUT2D eigenvalue weighted by molar-refractivity contribution is 0.0940. The lowest BCUT2D eigenvalue weighted by Gasteiger charge is -2.24. The number of aryl methyl sites for hydroxylation is 2. The van der Waals surface area contributed by atoms with Crippen molar-refractivity contribution < 1.29 is 13.2 Å². The quantitative estimate of drug-likeness (QED) is 0.422. The molecule has 0 saturated carbocycles. The van der Waals surface area contributed by atoms with Gasteiger partial charge in [-0.2, -0.15) is 0 Å². The van der Waals surface area contributed by atoms with E-state index in [-0.39, 0.29) is 18.5 Å². The first kappa shape index (κ1) is 24.6. The highest BCUT2D eigenvalue weighted by Gasteiger charge is 2.21. The lowest BCUT2D eigenvalue weighted by atomic mass is 10.0. The summed E-state index contributed by atoms with van der Waals surface area (Å²) in [5.41, 5.74) is 5.21. The van der Waals surface area contributed by atoms with Crippen LogP contribution in [-0.4, -0.2) is 20.6 Å². The molecule has 1 unspecified atom stereocenters. The SMILES string of the molecule is CC(NC(=O)c1ccc(N(Cc2c(Cl)cccc2Cl)S(C)(=O)=O)cc1)c1ccc2c(c1)CCC2. The minimum absolute atomic E-state index is 0.0156. The van der Waals surface area contributed by atoms with E-state index >= 15 is 0 Å². The standard InChI is InChI=1S/C26H26Cl2N2O3S/c1-17(20-10-9-18-5-3-6-21(18)15-20)29-26(31)19-11-13-22(14-12-19)30(34(2,32)33)16-23-24(27)7-4-8-25(23)28/h4,7-15,17H,3,5-6,16H2,1-2H3,(H,29,31). The number of fused-ring (bicyclic) bond motifs is 1. The number of carbonyl (C=O) groups excluding carboxylic acids is 1. The summed E-state index contributed by atoms with van der Waals surface area (Å²) in [7, 11) is -3.63. The molecular formula is C26H26Cl2N2O3S. The van der Waals surface area contributed by atoms with Crippen LogP contribution in [0.4, 0.5) is 5.69 Å². The summed E-state index contributed by atoms with van der Waals surface area (Å²) in [5.74, 6) is -0.223. The van der Waals surface area contributed by atoms with Crippen LogP contribution in [0.3, 0.4) is 0 Å². The molecular weight excluding hydrogens is 491 g/mol. The summed E-state index contributed by atoms with van der Waals surface area (Å²) in [5, 5.41) is 3.81. The van der Waals surface area contributed by atoms with Crippen molar-refractivity contribution in [2.24, 2.45) is 0 Å². The Morgan fingerprint density at radius 1 is 1.00 bits per heavy atom. The van der Waals surface area contributed by atoms with E-state index in [0.717, 1.165) is 24.7 Å². The molecule has 1 N–H and O–H groups in total. The van der Waals surface area contributed by atoms with Crippen molar-refractivity contribution in [3.05, 3.63) is 98.5 Å². The zero-order valence-electron chi connectivity index (χ0n) is 19.0. The zero-order chi connectivity index (χ0) is 24.5. The molecule has 5 nitrogen and oxygen atoms in total. The molecule has 34 heavy (non-hydrogen) atoms. The highest BCUT2D eigenvalue weighted by atomic mass is 35.5. The molecule has 8 heteroatoms. The second-order valence-electron chi connectivity index (χ2n) is 8.59. The van der Waals surface area contributed by atoms with Gasteiger partial charge in [0.25, 0.3) is 5.91 Å². The monoisotopic (exact) mass is 516 g/mol. The molecule has 0 aromatic heterocycles. The Bertz CT molecular complexity index is 1300. The summed E-state index contributed by atoms with van der Waals surface area (Å²) in [6.45, 7) is 1.94. The van der Waals surface area contributed by atoms with Crippen molar-refractivity contribution in [2.45, 2.75) is 38.8 Å². The highest BCUT2D eigenvalue weighted by Crippen LogP contribution is 2.30. The summed E-state index contributed by atoms with van der Waals surface area (Å²) in [4.78, 5) is 12.8. The summed E-state index contributed by atoms with van der Waals surface area (Å²) in [6, 6.07) is 17.8. The van der Waals surface area contributed by atoms with Crippen LogP contribution in [0.1, 0.15) is 52.0 Å². The Labute approximate surface area is 210 Å². The van der Waals surface area contributed by atoms with Crippen molar-refractivity contribution in [3.8, 4) is 0 Å². The third kappa shape index (κ3) is 5.40. The van der Waals surface area contributed by atoms with Gasteiger partial charge >= 0.3 is 0 Å². The van der Waals surface area contributed by atoms with E-state index < -0.39 is 10.0 Å². The van der Waals surface area contributed by atoms with Gasteiger partial charge in [0.1, 0.15) is 0 Å². The highest BCUT2D eigenvalue weighted by molar-refractivity contribution is 7.92. The van der Waals surface area contributed by atoms with Crippen molar-refractivity contribution in [3.63, 3.8) is 0 Å². The van der Waals surface area contributed by atoms with Crippen molar-refractivity contribution in [1.29, 1.82) is 0 Å². The minimum Gasteiger partial charge on any atom is -0.346 e. The topological polar surface area (TPSA) is 66.5 Å². The Kier molecular flexibility index (Phi) is 7.22. The average Bonchev–Trinajstić information content (AvgIpc) is 3.26. The van der Waals surface area contributed by atoms with Crippen molar-refractivity contribution >= 4 is 44.8 Å². The molecule has 4 rings (SSSR count). The molecule has 178 valence electrons. The Morgan fingerprint density at radius 2 is 1.65 bits per heavy atom. The summed E-state index contributed by atoms with van der Waals surface area (Å²) < 4.78 is 26.3. The predicted octanol–water partition coefficient (Wildman–Crippen LogP) is 5.94. The van der Waals surface area contributed by atoms with Gasteiger partial charge in [-0.3, -0.25) is 9.10 Å². The molecule has 0 spiro atoms. The maximum atomic E-state index is 12.8. The molecule has 3 aromatic carbocycles. The van der Waals surface area contributed by atoms with Gasteiger partial charge in [0.15, 0.2) is 0 Å². The number of nitrogens with zero attached hydrogens (tertiary/aromatic N) is 1. The van der Waals surface area contributed by atoms with Crippen LogP contribution in [0, 0.1) is 0 Å². The largest absolute Gasteiger partial charge is 0.346 e. The number of hydrogen-bond donors (Lipinski definition) is 1. The number of amides is 1. The first-order valence-electron chi connectivity index (χ1n) is 11.1. The van der Waals surface area contributed by atoms with Crippen LogP contribution in [0.2, 0.25) is 10.0 Å². The van der Waals surface area contributed by atoms with Crippen LogP contribution in [0.15, 0.2) is 60.7 Å². The van der Waals surface area contributed by atoms with Crippen molar-refractivity contribution in [2.75, 3.05) is 10.6 Å². The Hall–Kier alpha value is -2.54. The average molecular weight is 517 g/mol. The van der Waals surface area contributed by atoms with Gasteiger partial charge in [-0.25, -0.2) is 8.42 Å². The second kappa shape index (κ2) is 9.98. The first-order chi connectivity index (χ1) is 16.1. The molecule has 0 heterocycles. The first-order valence-corrected chi connectivity index (χ1v) is 13.7. The maximum absolute atomic E-state index is 12.8. The fourth-order valence-corrected chi connectivity index (χ4v) is 5.62. The number of hydrogen-bond acceptors (Lipinski definition) is 3.